The van der Waals surface area contributed by atoms with E-state index < -0.39 is 5.79 Å². The molecule has 33 heavy (non-hydrogen) atoms. The van der Waals surface area contributed by atoms with Gasteiger partial charge in [0.25, 0.3) is 0 Å². The molecule has 0 bridgehead atoms. The lowest BCUT2D eigenvalue weighted by Crippen LogP contribution is -2.29. The van der Waals surface area contributed by atoms with Crippen LogP contribution in [0.1, 0.15) is 37.8 Å². The van der Waals surface area contributed by atoms with E-state index in [1.165, 1.54) is 5.56 Å². The molecule has 0 amide bonds. The number of aryl methyl sites for hydroxylation is 2. The van der Waals surface area contributed by atoms with Crippen molar-refractivity contribution in [1.29, 1.82) is 0 Å². The van der Waals surface area contributed by atoms with Crippen LogP contribution in [0.3, 0.4) is 0 Å². The molecule has 0 spiro atoms. The summed E-state index contributed by atoms with van der Waals surface area (Å²) in [7, 11) is 0. The predicted molar refractivity (Wildman–Crippen MR) is 124 cm³/mol. The molecule has 8 heteroatoms. The minimum atomic E-state index is -0.659. The Hall–Kier alpha value is -3.07. The van der Waals surface area contributed by atoms with Crippen LogP contribution in [0.5, 0.6) is 0 Å². The van der Waals surface area contributed by atoms with E-state index in [9.17, 15) is 0 Å². The highest BCUT2D eigenvalue weighted by Gasteiger charge is 2.55. The first-order chi connectivity index (χ1) is 15.9. The number of benzene rings is 1. The molecule has 2 aliphatic heterocycles. The third kappa shape index (κ3) is 3.55. The van der Waals surface area contributed by atoms with Gasteiger partial charge in [-0.2, -0.15) is 0 Å². The molecule has 2 aliphatic rings. The number of nitrogens with two attached hydrogens (primary N) is 1. The van der Waals surface area contributed by atoms with Crippen molar-refractivity contribution in [3.8, 4) is 0 Å². The summed E-state index contributed by atoms with van der Waals surface area (Å²) in [6.45, 7) is 5.90. The third-order valence-electron chi connectivity index (χ3n) is 6.60. The van der Waals surface area contributed by atoms with Gasteiger partial charge < -0.3 is 24.5 Å². The monoisotopic (exact) mass is 445 g/mol. The average Bonchev–Trinajstić information content (AvgIpc) is 3.43. The SMILES string of the molecule is Cc1ncnc2c1ccn2[C@@H]1O[C@H](CCc2ccc3ccc(N)nc3c2)[C@H]2OC(C)(C)O[C@H]21. The predicted octanol–water partition coefficient (Wildman–Crippen LogP) is 3.92. The summed E-state index contributed by atoms with van der Waals surface area (Å²) in [6.07, 6.45) is 4.45. The van der Waals surface area contributed by atoms with Crippen molar-refractivity contribution < 1.29 is 14.2 Å². The normalized spacial score (nSPS) is 26.3. The van der Waals surface area contributed by atoms with Crippen molar-refractivity contribution in [2.45, 2.75) is 63.9 Å². The summed E-state index contributed by atoms with van der Waals surface area (Å²) in [4.78, 5) is 13.3. The third-order valence-corrected chi connectivity index (χ3v) is 6.60. The molecule has 2 fully saturated rings. The van der Waals surface area contributed by atoms with E-state index in [-0.39, 0.29) is 24.5 Å². The molecule has 5 heterocycles. The Morgan fingerprint density at radius 3 is 2.76 bits per heavy atom. The minimum absolute atomic E-state index is 0.105. The lowest BCUT2D eigenvalue weighted by molar-refractivity contribution is -0.196. The van der Waals surface area contributed by atoms with E-state index in [1.54, 1.807) is 6.33 Å². The number of rotatable bonds is 4. The van der Waals surface area contributed by atoms with Crippen LogP contribution in [0.25, 0.3) is 21.9 Å². The second-order valence-electron chi connectivity index (χ2n) is 9.35. The largest absolute Gasteiger partial charge is 0.384 e. The number of hydrogen-bond donors (Lipinski definition) is 1. The molecule has 8 nitrogen and oxygen atoms in total. The van der Waals surface area contributed by atoms with Gasteiger partial charge in [0.1, 0.15) is 30.0 Å². The van der Waals surface area contributed by atoms with Crippen LogP contribution in [-0.4, -0.2) is 43.6 Å². The molecule has 0 unspecified atom stereocenters. The first kappa shape index (κ1) is 20.5. The summed E-state index contributed by atoms with van der Waals surface area (Å²) >= 11 is 0. The number of nitrogen functional groups attached to an aromatic ring is 1. The maximum absolute atomic E-state index is 6.56. The Kier molecular flexibility index (Phi) is 4.65. The van der Waals surface area contributed by atoms with Crippen molar-refractivity contribution in [3.05, 3.63) is 60.2 Å². The highest BCUT2D eigenvalue weighted by molar-refractivity contribution is 5.80. The summed E-state index contributed by atoms with van der Waals surface area (Å²) in [6, 6.07) is 12.2. The molecule has 2 saturated heterocycles. The number of fused-ring (bicyclic) bond motifs is 3. The minimum Gasteiger partial charge on any atom is -0.384 e. The molecule has 0 aliphatic carbocycles. The van der Waals surface area contributed by atoms with Gasteiger partial charge >= 0.3 is 0 Å². The molecule has 2 N–H and O–H groups in total. The van der Waals surface area contributed by atoms with Crippen LogP contribution in [-0.2, 0) is 20.6 Å². The van der Waals surface area contributed by atoms with Crippen molar-refractivity contribution in [2.24, 2.45) is 0 Å². The van der Waals surface area contributed by atoms with E-state index in [2.05, 4.69) is 37.7 Å². The Morgan fingerprint density at radius 1 is 1.06 bits per heavy atom. The fourth-order valence-electron chi connectivity index (χ4n) is 5.06. The van der Waals surface area contributed by atoms with Gasteiger partial charge in [0.05, 0.1) is 17.3 Å². The summed E-state index contributed by atoms with van der Waals surface area (Å²) < 4.78 is 21.2. The maximum atomic E-state index is 6.56. The van der Waals surface area contributed by atoms with Crippen molar-refractivity contribution >= 4 is 27.8 Å². The fraction of sp³-hybridized carbons (Fsp3) is 0.400. The smallest absolute Gasteiger partial charge is 0.164 e. The summed E-state index contributed by atoms with van der Waals surface area (Å²) in [5, 5.41) is 2.10. The van der Waals surface area contributed by atoms with Crippen LogP contribution < -0.4 is 5.73 Å². The van der Waals surface area contributed by atoms with E-state index >= 15 is 0 Å². The number of hydrogen-bond acceptors (Lipinski definition) is 7. The second kappa shape index (κ2) is 7.48. The van der Waals surface area contributed by atoms with Crippen LogP contribution in [0.2, 0.25) is 0 Å². The molecule has 170 valence electrons. The number of pyridine rings is 1. The van der Waals surface area contributed by atoms with Crippen molar-refractivity contribution in [2.75, 3.05) is 5.73 Å². The van der Waals surface area contributed by atoms with Gasteiger partial charge in [-0.25, -0.2) is 15.0 Å². The molecule has 0 saturated carbocycles. The lowest BCUT2D eigenvalue weighted by atomic mass is 10.0. The van der Waals surface area contributed by atoms with Crippen LogP contribution >= 0.6 is 0 Å². The zero-order valence-corrected chi connectivity index (χ0v) is 18.9. The second-order valence-corrected chi connectivity index (χ2v) is 9.35. The van der Waals surface area contributed by atoms with Gasteiger partial charge in [-0.1, -0.05) is 12.1 Å². The molecule has 3 aromatic heterocycles. The molecule has 0 radical (unpaired) electrons. The number of aromatic nitrogens is 4. The Morgan fingerprint density at radius 2 is 1.88 bits per heavy atom. The van der Waals surface area contributed by atoms with Gasteiger partial charge in [-0.15, -0.1) is 0 Å². The maximum Gasteiger partial charge on any atom is 0.164 e. The van der Waals surface area contributed by atoms with Gasteiger partial charge in [-0.05, 0) is 63.4 Å². The number of ether oxygens (including phenoxy) is 3. The first-order valence-electron chi connectivity index (χ1n) is 11.3. The quantitative estimate of drug-likeness (QED) is 0.508. The molecular weight excluding hydrogens is 418 g/mol. The van der Waals surface area contributed by atoms with Crippen molar-refractivity contribution in [1.82, 2.24) is 19.5 Å². The summed E-state index contributed by atoms with van der Waals surface area (Å²) in [5.41, 5.74) is 9.76. The molecule has 4 atom stereocenters. The van der Waals surface area contributed by atoms with Gasteiger partial charge in [0, 0.05) is 17.0 Å². The lowest BCUT2D eigenvalue weighted by Gasteiger charge is -2.25. The Balaban J connectivity index is 1.27. The van der Waals surface area contributed by atoms with E-state index in [1.807, 2.05) is 45.2 Å². The van der Waals surface area contributed by atoms with Crippen LogP contribution in [0.15, 0.2) is 48.9 Å². The Labute approximate surface area is 191 Å². The van der Waals surface area contributed by atoms with Gasteiger partial charge in [-0.3, -0.25) is 0 Å². The van der Waals surface area contributed by atoms with E-state index in [0.29, 0.717) is 5.82 Å². The standard InChI is InChI=1S/C25H27N5O3/c1-14-17-10-11-30(23(17)28-13-27-14)24-22-21(32-25(2,3)33-22)19(31-24)8-5-15-4-6-16-7-9-20(26)29-18(16)12-15/h4,6-7,9-13,19,21-22,24H,5,8H2,1-3H3,(H2,26,29)/t19-,21-,22-,24-/m1/s1. The Bertz CT molecular complexity index is 1350. The van der Waals surface area contributed by atoms with Gasteiger partial charge in [0.2, 0.25) is 0 Å². The highest BCUT2D eigenvalue weighted by atomic mass is 16.8. The van der Waals surface area contributed by atoms with Crippen LogP contribution in [0, 0.1) is 6.92 Å². The molecule has 1 aromatic carbocycles. The zero-order valence-electron chi connectivity index (χ0n) is 18.9. The highest BCUT2D eigenvalue weighted by Crippen LogP contribution is 2.45. The van der Waals surface area contributed by atoms with Crippen molar-refractivity contribution in [3.63, 3.8) is 0 Å². The summed E-state index contributed by atoms with van der Waals surface area (Å²) in [5.74, 6) is -0.130. The van der Waals surface area contributed by atoms with E-state index in [0.717, 1.165) is 40.5 Å². The average molecular weight is 446 g/mol. The molecule has 4 aromatic rings. The zero-order chi connectivity index (χ0) is 22.7. The van der Waals surface area contributed by atoms with Gasteiger partial charge in [0.15, 0.2) is 12.0 Å². The first-order valence-corrected chi connectivity index (χ1v) is 11.3. The van der Waals surface area contributed by atoms with Crippen LogP contribution in [0.4, 0.5) is 5.82 Å². The fourth-order valence-corrected chi connectivity index (χ4v) is 5.06. The molecule has 6 rings (SSSR count). The number of anilines is 1. The topological polar surface area (TPSA) is 97.3 Å². The van der Waals surface area contributed by atoms with E-state index in [4.69, 9.17) is 19.9 Å². The molecular formula is C25H27N5O3. The number of nitrogens with zero attached hydrogens (tertiary/aromatic N) is 4.